The maximum atomic E-state index is 12.7. The Kier molecular flexibility index (Phi) is 4.63. The first kappa shape index (κ1) is 14.8. The summed E-state index contributed by atoms with van der Waals surface area (Å²) in [5.74, 6) is 1.51. The van der Waals surface area contributed by atoms with Crippen LogP contribution in [0.25, 0.3) is 0 Å². The van der Waals surface area contributed by atoms with E-state index in [1.807, 2.05) is 24.1 Å². The molecule has 2 unspecified atom stereocenters. The predicted octanol–water partition coefficient (Wildman–Crippen LogP) is 2.95. The van der Waals surface area contributed by atoms with Gasteiger partial charge in [0, 0.05) is 30.9 Å². The molecule has 4 nitrogen and oxygen atoms in total. The van der Waals surface area contributed by atoms with Gasteiger partial charge in [0.1, 0.15) is 5.82 Å². The molecule has 0 spiro atoms. The van der Waals surface area contributed by atoms with Crippen molar-refractivity contribution in [1.82, 2.24) is 9.88 Å². The Balaban J connectivity index is 2.26. The first-order chi connectivity index (χ1) is 9.55. The van der Waals surface area contributed by atoms with Gasteiger partial charge in [-0.05, 0) is 37.8 Å². The smallest absolute Gasteiger partial charge is 0.254 e. The van der Waals surface area contributed by atoms with Crippen molar-refractivity contribution in [3.8, 4) is 0 Å². The lowest BCUT2D eigenvalue weighted by Crippen LogP contribution is -2.34. The van der Waals surface area contributed by atoms with E-state index < -0.39 is 0 Å². The molecule has 0 bridgehead atoms. The maximum Gasteiger partial charge on any atom is 0.254 e. The molecule has 0 aromatic carbocycles. The summed E-state index contributed by atoms with van der Waals surface area (Å²) in [5, 5.41) is 3.05. The fourth-order valence-electron chi connectivity index (χ4n) is 2.97. The van der Waals surface area contributed by atoms with Crippen LogP contribution in [-0.2, 0) is 6.42 Å². The number of likely N-dealkylation sites (tertiary alicyclic amines) is 1. The first-order valence-corrected chi connectivity index (χ1v) is 7.54. The van der Waals surface area contributed by atoms with Crippen LogP contribution in [0.3, 0.4) is 0 Å². The normalized spacial score (nSPS) is 22.1. The molecule has 4 heteroatoms. The number of anilines is 1. The number of hydrogen-bond acceptors (Lipinski definition) is 3. The van der Waals surface area contributed by atoms with Gasteiger partial charge >= 0.3 is 0 Å². The fourth-order valence-corrected chi connectivity index (χ4v) is 2.97. The monoisotopic (exact) mass is 275 g/mol. The Hall–Kier alpha value is -1.58. The van der Waals surface area contributed by atoms with Gasteiger partial charge in [-0.2, -0.15) is 0 Å². The van der Waals surface area contributed by atoms with Gasteiger partial charge in [0.25, 0.3) is 5.91 Å². The van der Waals surface area contributed by atoms with E-state index in [4.69, 9.17) is 0 Å². The topological polar surface area (TPSA) is 45.2 Å². The molecule has 1 N–H and O–H groups in total. The molecule has 0 radical (unpaired) electrons. The highest BCUT2D eigenvalue weighted by Gasteiger charge is 2.30. The maximum absolute atomic E-state index is 12.7. The molecule has 1 aliphatic heterocycles. The van der Waals surface area contributed by atoms with E-state index >= 15 is 0 Å². The minimum Gasteiger partial charge on any atom is -0.373 e. The molecule has 20 heavy (non-hydrogen) atoms. The van der Waals surface area contributed by atoms with E-state index in [2.05, 4.69) is 31.1 Å². The Morgan fingerprint density at radius 1 is 1.45 bits per heavy atom. The van der Waals surface area contributed by atoms with Crippen molar-refractivity contribution >= 4 is 11.7 Å². The molecule has 0 aliphatic carbocycles. The second-order valence-corrected chi connectivity index (χ2v) is 5.88. The van der Waals surface area contributed by atoms with Gasteiger partial charge in [0.15, 0.2) is 0 Å². The second kappa shape index (κ2) is 6.25. The lowest BCUT2D eigenvalue weighted by atomic mass is 10.1. The predicted molar refractivity (Wildman–Crippen MR) is 82.1 cm³/mol. The Bertz CT molecular complexity index is 487. The molecular weight excluding hydrogens is 250 g/mol. The van der Waals surface area contributed by atoms with E-state index in [0.717, 1.165) is 42.9 Å². The third kappa shape index (κ3) is 3.11. The number of amides is 1. The summed E-state index contributed by atoms with van der Waals surface area (Å²) in [6, 6.07) is 4.14. The highest BCUT2D eigenvalue weighted by molar-refractivity contribution is 5.95. The molecular formula is C16H25N3O. The van der Waals surface area contributed by atoms with Crippen molar-refractivity contribution in [2.75, 3.05) is 18.9 Å². The minimum absolute atomic E-state index is 0.137. The van der Waals surface area contributed by atoms with Crippen molar-refractivity contribution in [3.63, 3.8) is 0 Å². The number of aryl methyl sites for hydroxylation is 1. The van der Waals surface area contributed by atoms with E-state index in [1.54, 1.807) is 0 Å². The zero-order valence-electron chi connectivity index (χ0n) is 12.9. The van der Waals surface area contributed by atoms with Gasteiger partial charge < -0.3 is 10.2 Å². The number of carbonyl (C=O) groups excluding carboxylic acids is 1. The van der Waals surface area contributed by atoms with Crippen LogP contribution in [-0.4, -0.2) is 35.4 Å². The Labute approximate surface area is 121 Å². The standard InChI is InChI=1S/C16H25N3O/c1-5-6-14-8-13(9-15(17-4)18-14)16(20)19-10-11(2)7-12(19)3/h8-9,11-12H,5-7,10H2,1-4H3,(H,17,18). The van der Waals surface area contributed by atoms with Gasteiger partial charge in [0.05, 0.1) is 0 Å². The van der Waals surface area contributed by atoms with Crippen molar-refractivity contribution < 1.29 is 4.79 Å². The third-order valence-corrected chi connectivity index (χ3v) is 3.93. The summed E-state index contributed by atoms with van der Waals surface area (Å²) >= 11 is 0. The molecule has 2 rings (SSSR count). The second-order valence-electron chi connectivity index (χ2n) is 5.88. The average Bonchev–Trinajstić information content (AvgIpc) is 2.76. The minimum atomic E-state index is 0.137. The summed E-state index contributed by atoms with van der Waals surface area (Å²) in [6.45, 7) is 7.33. The number of aromatic nitrogens is 1. The average molecular weight is 275 g/mol. The van der Waals surface area contributed by atoms with E-state index in [-0.39, 0.29) is 5.91 Å². The number of rotatable bonds is 4. The first-order valence-electron chi connectivity index (χ1n) is 7.54. The zero-order chi connectivity index (χ0) is 14.7. The van der Waals surface area contributed by atoms with Gasteiger partial charge in [-0.1, -0.05) is 20.3 Å². The molecule has 1 amide bonds. The van der Waals surface area contributed by atoms with Crippen molar-refractivity contribution in [3.05, 3.63) is 23.4 Å². The van der Waals surface area contributed by atoms with Crippen LogP contribution < -0.4 is 5.32 Å². The molecule has 1 fully saturated rings. The Morgan fingerprint density at radius 2 is 2.20 bits per heavy atom. The van der Waals surface area contributed by atoms with Crippen LogP contribution in [0.4, 0.5) is 5.82 Å². The Morgan fingerprint density at radius 3 is 2.75 bits per heavy atom. The van der Waals surface area contributed by atoms with Gasteiger partial charge in [-0.15, -0.1) is 0 Å². The molecule has 2 atom stereocenters. The summed E-state index contributed by atoms with van der Waals surface area (Å²) in [4.78, 5) is 19.2. The van der Waals surface area contributed by atoms with Gasteiger partial charge in [0.2, 0.25) is 0 Å². The van der Waals surface area contributed by atoms with Crippen LogP contribution in [0.5, 0.6) is 0 Å². The van der Waals surface area contributed by atoms with Gasteiger partial charge in [-0.25, -0.2) is 4.98 Å². The quantitative estimate of drug-likeness (QED) is 0.919. The number of hydrogen-bond donors (Lipinski definition) is 1. The van der Waals surface area contributed by atoms with Crippen LogP contribution in [0.1, 0.15) is 49.7 Å². The lowest BCUT2D eigenvalue weighted by Gasteiger charge is -2.22. The molecule has 1 aliphatic rings. The number of pyridine rings is 1. The van der Waals surface area contributed by atoms with Crippen molar-refractivity contribution in [1.29, 1.82) is 0 Å². The zero-order valence-corrected chi connectivity index (χ0v) is 12.9. The molecule has 1 aromatic rings. The van der Waals surface area contributed by atoms with Crippen LogP contribution in [0.15, 0.2) is 12.1 Å². The number of nitrogens with zero attached hydrogens (tertiary/aromatic N) is 2. The summed E-state index contributed by atoms with van der Waals surface area (Å²) < 4.78 is 0. The number of carbonyl (C=O) groups is 1. The van der Waals surface area contributed by atoms with Gasteiger partial charge in [-0.3, -0.25) is 4.79 Å². The molecule has 2 heterocycles. The largest absolute Gasteiger partial charge is 0.373 e. The third-order valence-electron chi connectivity index (χ3n) is 3.93. The van der Waals surface area contributed by atoms with E-state index in [1.165, 1.54) is 0 Å². The number of nitrogens with one attached hydrogen (secondary N) is 1. The highest BCUT2D eigenvalue weighted by Crippen LogP contribution is 2.25. The van der Waals surface area contributed by atoms with E-state index in [9.17, 15) is 4.79 Å². The molecule has 1 aromatic heterocycles. The molecule has 0 saturated carbocycles. The molecule has 1 saturated heterocycles. The fraction of sp³-hybridized carbons (Fsp3) is 0.625. The summed E-state index contributed by atoms with van der Waals surface area (Å²) in [6.07, 6.45) is 3.03. The summed E-state index contributed by atoms with van der Waals surface area (Å²) in [5.41, 5.74) is 1.75. The van der Waals surface area contributed by atoms with Crippen LogP contribution in [0, 0.1) is 5.92 Å². The van der Waals surface area contributed by atoms with Crippen LogP contribution >= 0.6 is 0 Å². The molecule has 110 valence electrons. The summed E-state index contributed by atoms with van der Waals surface area (Å²) in [7, 11) is 1.84. The SMILES string of the molecule is CCCc1cc(C(=O)N2CC(C)CC2C)cc(NC)n1. The van der Waals surface area contributed by atoms with E-state index in [0.29, 0.717) is 12.0 Å². The lowest BCUT2D eigenvalue weighted by molar-refractivity contribution is 0.0743. The van der Waals surface area contributed by atoms with Crippen LogP contribution in [0.2, 0.25) is 0 Å². The van der Waals surface area contributed by atoms with Crippen molar-refractivity contribution in [2.24, 2.45) is 5.92 Å². The van der Waals surface area contributed by atoms with Crippen molar-refractivity contribution in [2.45, 2.75) is 46.1 Å². The highest BCUT2D eigenvalue weighted by atomic mass is 16.2.